The molecule has 2 N–H and O–H groups in total. The summed E-state index contributed by atoms with van der Waals surface area (Å²) >= 11 is 0. The summed E-state index contributed by atoms with van der Waals surface area (Å²) in [5.74, 6) is -0.250. The van der Waals surface area contributed by atoms with Crippen molar-refractivity contribution >= 4 is 28.2 Å². The van der Waals surface area contributed by atoms with Gasteiger partial charge < -0.3 is 15.2 Å². The molecule has 0 aliphatic heterocycles. The van der Waals surface area contributed by atoms with Crippen LogP contribution >= 0.6 is 0 Å². The molecule has 0 saturated carbocycles. The standard InChI is InChI=1S/C18H16N2O3/c1-11-6-7-15(23-2)17-16(11)14(8-9-19-17)20-13-5-3-4-12(10-13)18(21)22/h3-10H,1-2H3,(H,19,20)(H,21,22). The number of methoxy groups -OCH3 is 1. The lowest BCUT2D eigenvalue weighted by Crippen LogP contribution is -1.99. The molecule has 116 valence electrons. The molecule has 5 nitrogen and oxygen atoms in total. The first-order valence-electron chi connectivity index (χ1n) is 7.13. The van der Waals surface area contributed by atoms with Crippen LogP contribution in [0.25, 0.3) is 10.9 Å². The van der Waals surface area contributed by atoms with Crippen LogP contribution in [0.2, 0.25) is 0 Å². The predicted octanol–water partition coefficient (Wildman–Crippen LogP) is 3.99. The number of carbonyl (C=O) groups is 1. The number of aryl methyl sites for hydroxylation is 1. The zero-order valence-corrected chi connectivity index (χ0v) is 12.8. The van der Waals surface area contributed by atoms with Crippen LogP contribution in [0.1, 0.15) is 15.9 Å². The van der Waals surface area contributed by atoms with E-state index in [2.05, 4.69) is 10.3 Å². The molecule has 0 bridgehead atoms. The van der Waals surface area contributed by atoms with Crippen LogP contribution in [0.5, 0.6) is 5.75 Å². The Morgan fingerprint density at radius 2 is 2.04 bits per heavy atom. The van der Waals surface area contributed by atoms with Crippen molar-refractivity contribution in [1.29, 1.82) is 0 Å². The molecule has 0 fully saturated rings. The molecule has 0 aliphatic carbocycles. The molecule has 1 heterocycles. The number of aromatic nitrogens is 1. The second-order valence-electron chi connectivity index (χ2n) is 5.18. The number of benzene rings is 2. The van der Waals surface area contributed by atoms with E-state index in [1.54, 1.807) is 31.5 Å². The van der Waals surface area contributed by atoms with Crippen LogP contribution in [-0.4, -0.2) is 23.2 Å². The van der Waals surface area contributed by atoms with E-state index in [0.717, 1.165) is 22.2 Å². The molecule has 3 rings (SSSR count). The zero-order valence-electron chi connectivity index (χ0n) is 12.8. The number of nitrogens with one attached hydrogen (secondary N) is 1. The number of carboxylic acids is 1. The highest BCUT2D eigenvalue weighted by Gasteiger charge is 2.11. The number of hydrogen-bond acceptors (Lipinski definition) is 4. The molecular formula is C18H16N2O3. The highest BCUT2D eigenvalue weighted by atomic mass is 16.5. The minimum absolute atomic E-state index is 0.239. The molecule has 0 aliphatic rings. The minimum atomic E-state index is -0.953. The van der Waals surface area contributed by atoms with Gasteiger partial charge in [-0.2, -0.15) is 0 Å². The smallest absolute Gasteiger partial charge is 0.335 e. The summed E-state index contributed by atoms with van der Waals surface area (Å²) in [5, 5.41) is 13.3. The van der Waals surface area contributed by atoms with Crippen molar-refractivity contribution in [2.24, 2.45) is 0 Å². The molecule has 0 saturated heterocycles. The van der Waals surface area contributed by atoms with Crippen molar-refractivity contribution < 1.29 is 14.6 Å². The van der Waals surface area contributed by atoms with Gasteiger partial charge in [-0.15, -0.1) is 0 Å². The Kier molecular flexibility index (Phi) is 3.85. The van der Waals surface area contributed by atoms with E-state index in [-0.39, 0.29) is 5.56 Å². The average Bonchev–Trinajstić information content (AvgIpc) is 2.55. The van der Waals surface area contributed by atoms with Gasteiger partial charge in [-0.05, 0) is 42.8 Å². The van der Waals surface area contributed by atoms with E-state index in [4.69, 9.17) is 9.84 Å². The number of hydrogen-bond donors (Lipinski definition) is 2. The number of anilines is 2. The quantitative estimate of drug-likeness (QED) is 0.762. The van der Waals surface area contributed by atoms with Crippen molar-refractivity contribution in [1.82, 2.24) is 4.98 Å². The van der Waals surface area contributed by atoms with Crippen molar-refractivity contribution in [2.75, 3.05) is 12.4 Å². The topological polar surface area (TPSA) is 71.5 Å². The largest absolute Gasteiger partial charge is 0.494 e. The fraction of sp³-hybridized carbons (Fsp3) is 0.111. The van der Waals surface area contributed by atoms with Gasteiger partial charge in [0.2, 0.25) is 0 Å². The Morgan fingerprint density at radius 3 is 2.78 bits per heavy atom. The Balaban J connectivity index is 2.10. The normalized spacial score (nSPS) is 10.5. The molecule has 1 aromatic heterocycles. The third kappa shape index (κ3) is 2.81. The first-order chi connectivity index (χ1) is 11.1. The molecule has 0 atom stereocenters. The maximum atomic E-state index is 11.1. The van der Waals surface area contributed by atoms with Gasteiger partial charge in [-0.1, -0.05) is 12.1 Å². The van der Waals surface area contributed by atoms with Gasteiger partial charge in [0, 0.05) is 23.0 Å². The Bertz CT molecular complexity index is 891. The van der Waals surface area contributed by atoms with Crippen LogP contribution < -0.4 is 10.1 Å². The van der Waals surface area contributed by atoms with Crippen LogP contribution in [0, 0.1) is 6.92 Å². The maximum absolute atomic E-state index is 11.1. The lowest BCUT2D eigenvalue weighted by Gasteiger charge is -2.13. The number of pyridine rings is 1. The van der Waals surface area contributed by atoms with Gasteiger partial charge in [-0.25, -0.2) is 4.79 Å². The highest BCUT2D eigenvalue weighted by molar-refractivity contribution is 5.99. The van der Waals surface area contributed by atoms with Crippen LogP contribution in [-0.2, 0) is 0 Å². The van der Waals surface area contributed by atoms with Crippen molar-refractivity contribution in [3.63, 3.8) is 0 Å². The molecule has 0 spiro atoms. The molecular weight excluding hydrogens is 292 g/mol. The maximum Gasteiger partial charge on any atom is 0.335 e. The average molecular weight is 308 g/mol. The summed E-state index contributed by atoms with van der Waals surface area (Å²) < 4.78 is 5.37. The highest BCUT2D eigenvalue weighted by Crippen LogP contribution is 2.33. The third-order valence-electron chi connectivity index (χ3n) is 3.67. The van der Waals surface area contributed by atoms with Crippen molar-refractivity contribution in [2.45, 2.75) is 6.92 Å². The second-order valence-corrected chi connectivity index (χ2v) is 5.18. The van der Waals surface area contributed by atoms with Gasteiger partial charge in [0.1, 0.15) is 11.3 Å². The van der Waals surface area contributed by atoms with Gasteiger partial charge >= 0.3 is 5.97 Å². The molecule has 0 amide bonds. The van der Waals surface area contributed by atoms with Crippen LogP contribution in [0.4, 0.5) is 11.4 Å². The molecule has 0 unspecified atom stereocenters. The summed E-state index contributed by atoms with van der Waals surface area (Å²) in [7, 11) is 1.61. The van der Waals surface area contributed by atoms with Crippen LogP contribution in [0.3, 0.4) is 0 Å². The Hall–Kier alpha value is -3.08. The molecule has 3 aromatic rings. The summed E-state index contributed by atoms with van der Waals surface area (Å²) in [6.07, 6.45) is 1.70. The number of carboxylic acid groups (broad SMARTS) is 1. The van der Waals surface area contributed by atoms with Crippen molar-refractivity contribution in [3.8, 4) is 5.75 Å². The summed E-state index contributed by atoms with van der Waals surface area (Å²) in [4.78, 5) is 15.5. The Labute approximate surface area is 133 Å². The van der Waals surface area contributed by atoms with Crippen LogP contribution in [0.15, 0.2) is 48.7 Å². The summed E-state index contributed by atoms with van der Waals surface area (Å²) in [6, 6.07) is 12.4. The minimum Gasteiger partial charge on any atom is -0.494 e. The Morgan fingerprint density at radius 1 is 1.22 bits per heavy atom. The summed E-state index contributed by atoms with van der Waals surface area (Å²) in [5.41, 5.74) is 3.63. The third-order valence-corrected chi connectivity index (χ3v) is 3.67. The molecule has 23 heavy (non-hydrogen) atoms. The predicted molar refractivity (Wildman–Crippen MR) is 89.7 cm³/mol. The number of ether oxygens (including phenoxy) is 1. The number of aromatic carboxylic acids is 1. The van der Waals surface area contributed by atoms with Gasteiger partial charge in [-0.3, -0.25) is 4.98 Å². The van der Waals surface area contributed by atoms with E-state index in [0.29, 0.717) is 11.4 Å². The SMILES string of the molecule is COc1ccc(C)c2c(Nc3cccc(C(=O)O)c3)ccnc12. The second kappa shape index (κ2) is 5.96. The fourth-order valence-electron chi connectivity index (χ4n) is 2.57. The van der Waals surface area contributed by atoms with Gasteiger partial charge in [0.05, 0.1) is 12.7 Å². The van der Waals surface area contributed by atoms with E-state index in [1.807, 2.05) is 31.2 Å². The lowest BCUT2D eigenvalue weighted by atomic mass is 10.1. The number of nitrogens with zero attached hydrogens (tertiary/aromatic N) is 1. The first kappa shape index (κ1) is 14.8. The monoisotopic (exact) mass is 308 g/mol. The zero-order chi connectivity index (χ0) is 16.4. The van der Waals surface area contributed by atoms with Gasteiger partial charge in [0.15, 0.2) is 0 Å². The first-order valence-corrected chi connectivity index (χ1v) is 7.13. The van der Waals surface area contributed by atoms with E-state index < -0.39 is 5.97 Å². The van der Waals surface area contributed by atoms with E-state index in [1.165, 1.54) is 0 Å². The number of fused-ring (bicyclic) bond motifs is 1. The molecule has 0 radical (unpaired) electrons. The molecule has 5 heteroatoms. The van der Waals surface area contributed by atoms with E-state index >= 15 is 0 Å². The summed E-state index contributed by atoms with van der Waals surface area (Å²) in [6.45, 7) is 2.00. The lowest BCUT2D eigenvalue weighted by molar-refractivity contribution is 0.0697. The number of rotatable bonds is 4. The van der Waals surface area contributed by atoms with Gasteiger partial charge in [0.25, 0.3) is 0 Å². The fourth-order valence-corrected chi connectivity index (χ4v) is 2.57. The van der Waals surface area contributed by atoms with Crippen molar-refractivity contribution in [3.05, 3.63) is 59.8 Å². The van der Waals surface area contributed by atoms with E-state index in [9.17, 15) is 4.79 Å². The molecule has 2 aromatic carbocycles.